The number of carbonyl (C=O) groups excluding carboxylic acids is 1. The molecule has 0 aliphatic heterocycles. The number of benzene rings is 1. The summed E-state index contributed by atoms with van der Waals surface area (Å²) in [7, 11) is 3.91. The van der Waals surface area contributed by atoms with Crippen molar-refractivity contribution in [2.24, 2.45) is 13.0 Å². The van der Waals surface area contributed by atoms with E-state index in [4.69, 9.17) is 5.11 Å². The van der Waals surface area contributed by atoms with E-state index in [1.165, 1.54) is 0 Å². The molecule has 0 bridgehead atoms. The van der Waals surface area contributed by atoms with Crippen LogP contribution >= 0.6 is 0 Å². The number of aryl methyl sites for hydroxylation is 1. The molecule has 20 heavy (non-hydrogen) atoms. The number of ketones is 1. The summed E-state index contributed by atoms with van der Waals surface area (Å²) in [6.07, 6.45) is 2.12. The fraction of sp³-hybridized carbons (Fsp3) is 0.333. The van der Waals surface area contributed by atoms with Gasteiger partial charge >= 0.3 is 5.97 Å². The predicted octanol–water partition coefficient (Wildman–Crippen LogP) is 1.12. The van der Waals surface area contributed by atoms with E-state index in [1.54, 1.807) is 6.92 Å². The molecule has 104 valence electrons. The van der Waals surface area contributed by atoms with E-state index in [-0.39, 0.29) is 24.5 Å². The van der Waals surface area contributed by atoms with E-state index in [1.807, 2.05) is 43.9 Å². The highest BCUT2D eigenvalue weighted by molar-refractivity contribution is 6.33. The number of aromatic nitrogens is 1. The molecule has 0 amide bonds. The van der Waals surface area contributed by atoms with Crippen molar-refractivity contribution in [1.29, 1.82) is 0 Å². The number of nitrogens with zero attached hydrogens (tertiary/aromatic N) is 1. The van der Waals surface area contributed by atoms with Crippen LogP contribution in [-0.2, 0) is 11.8 Å². The fourth-order valence-electron chi connectivity index (χ4n) is 2.52. The van der Waals surface area contributed by atoms with Crippen LogP contribution in [0.1, 0.15) is 30.1 Å². The predicted molar refractivity (Wildman–Crippen MR) is 81.5 cm³/mol. The summed E-state index contributed by atoms with van der Waals surface area (Å²) in [5, 5.41) is 9.71. The first-order valence-electron chi connectivity index (χ1n) is 6.69. The summed E-state index contributed by atoms with van der Waals surface area (Å²) < 4.78 is 1.93. The third-order valence-electron chi connectivity index (χ3n) is 3.50. The van der Waals surface area contributed by atoms with E-state index in [0.717, 1.165) is 16.4 Å². The van der Waals surface area contributed by atoms with Crippen molar-refractivity contribution < 1.29 is 14.7 Å². The Balaban J connectivity index is 2.30. The second kappa shape index (κ2) is 5.53. The number of Topliss-reactive ketones (excluding diaryl/α,β-unsaturated/α-hetero) is 1. The third-order valence-corrected chi connectivity index (χ3v) is 3.50. The molecular formula is C15H18BNO3. The average molecular weight is 271 g/mol. The molecule has 1 N–H and O–H groups in total. The maximum atomic E-state index is 12.4. The SMILES string of the molecule is Bc1ccc2c(c1)c(C(=O)CC(C)CC(=O)O)cn2C. The molecule has 2 aromatic rings. The number of carboxylic acid groups (broad SMARTS) is 1. The van der Waals surface area contributed by atoms with Crippen LogP contribution in [0.3, 0.4) is 0 Å². The Kier molecular flexibility index (Phi) is 3.97. The van der Waals surface area contributed by atoms with Gasteiger partial charge in [-0.1, -0.05) is 24.5 Å². The molecule has 1 atom stereocenters. The molecule has 1 unspecified atom stereocenters. The van der Waals surface area contributed by atoms with Crippen molar-refractivity contribution in [2.45, 2.75) is 19.8 Å². The van der Waals surface area contributed by atoms with Crippen LogP contribution in [0.25, 0.3) is 10.9 Å². The first-order valence-corrected chi connectivity index (χ1v) is 6.69. The zero-order valence-corrected chi connectivity index (χ0v) is 12.0. The van der Waals surface area contributed by atoms with Gasteiger partial charge in [-0.3, -0.25) is 9.59 Å². The zero-order chi connectivity index (χ0) is 14.9. The number of hydrogen-bond acceptors (Lipinski definition) is 2. The van der Waals surface area contributed by atoms with E-state index in [0.29, 0.717) is 5.56 Å². The Morgan fingerprint density at radius 2 is 2.05 bits per heavy atom. The quantitative estimate of drug-likeness (QED) is 0.655. The van der Waals surface area contributed by atoms with E-state index in [2.05, 4.69) is 0 Å². The lowest BCUT2D eigenvalue weighted by atomic mass is 9.92. The van der Waals surface area contributed by atoms with Gasteiger partial charge in [-0.15, -0.1) is 0 Å². The summed E-state index contributed by atoms with van der Waals surface area (Å²) in [6.45, 7) is 1.79. The summed E-state index contributed by atoms with van der Waals surface area (Å²) in [4.78, 5) is 23.0. The van der Waals surface area contributed by atoms with Gasteiger partial charge in [-0.25, -0.2) is 0 Å². The molecule has 4 nitrogen and oxygen atoms in total. The summed E-state index contributed by atoms with van der Waals surface area (Å²) in [5.74, 6) is -1.01. The number of carbonyl (C=O) groups is 2. The molecular weight excluding hydrogens is 253 g/mol. The van der Waals surface area contributed by atoms with Crippen LogP contribution in [0.15, 0.2) is 24.4 Å². The molecule has 0 spiro atoms. The summed E-state index contributed by atoms with van der Waals surface area (Å²) in [5.41, 5.74) is 2.81. The molecule has 2 rings (SSSR count). The highest BCUT2D eigenvalue weighted by Gasteiger charge is 2.18. The molecule has 0 saturated carbocycles. The Hall–Kier alpha value is -2.04. The minimum atomic E-state index is -0.862. The monoisotopic (exact) mass is 271 g/mol. The maximum absolute atomic E-state index is 12.4. The maximum Gasteiger partial charge on any atom is 0.303 e. The van der Waals surface area contributed by atoms with Crippen LogP contribution in [0.2, 0.25) is 0 Å². The van der Waals surface area contributed by atoms with Crippen molar-refractivity contribution in [2.75, 3.05) is 0 Å². The molecule has 1 heterocycles. The Morgan fingerprint density at radius 1 is 1.35 bits per heavy atom. The van der Waals surface area contributed by atoms with E-state index in [9.17, 15) is 9.59 Å². The van der Waals surface area contributed by atoms with Crippen LogP contribution in [0, 0.1) is 5.92 Å². The number of carboxylic acids is 1. The third kappa shape index (κ3) is 2.92. The van der Waals surface area contributed by atoms with Gasteiger partial charge in [0.25, 0.3) is 0 Å². The van der Waals surface area contributed by atoms with Gasteiger partial charge in [0.15, 0.2) is 5.78 Å². The first-order chi connectivity index (χ1) is 9.38. The first kappa shape index (κ1) is 14.4. The molecule has 0 fully saturated rings. The van der Waals surface area contributed by atoms with Crippen molar-refractivity contribution >= 4 is 36.0 Å². The lowest BCUT2D eigenvalue weighted by molar-refractivity contribution is -0.137. The van der Waals surface area contributed by atoms with Gasteiger partial charge < -0.3 is 9.67 Å². The summed E-state index contributed by atoms with van der Waals surface area (Å²) in [6, 6.07) is 6.02. The minimum Gasteiger partial charge on any atom is -0.481 e. The normalized spacial score (nSPS) is 12.5. The molecule has 0 saturated heterocycles. The van der Waals surface area contributed by atoms with E-state index < -0.39 is 5.97 Å². The topological polar surface area (TPSA) is 59.3 Å². The van der Waals surface area contributed by atoms with Gasteiger partial charge in [0.2, 0.25) is 0 Å². The molecule has 0 radical (unpaired) electrons. The highest BCUT2D eigenvalue weighted by Crippen LogP contribution is 2.22. The van der Waals surface area contributed by atoms with Crippen LogP contribution < -0.4 is 5.46 Å². The second-order valence-corrected chi connectivity index (χ2v) is 5.50. The number of rotatable bonds is 5. The Bertz CT molecular complexity index is 675. The highest BCUT2D eigenvalue weighted by atomic mass is 16.4. The van der Waals surface area contributed by atoms with Crippen molar-refractivity contribution in [3.8, 4) is 0 Å². The van der Waals surface area contributed by atoms with Crippen LogP contribution in [0.4, 0.5) is 0 Å². The van der Waals surface area contributed by atoms with Crippen molar-refractivity contribution in [1.82, 2.24) is 4.57 Å². The van der Waals surface area contributed by atoms with E-state index >= 15 is 0 Å². The molecule has 1 aromatic heterocycles. The fourth-order valence-corrected chi connectivity index (χ4v) is 2.52. The Morgan fingerprint density at radius 3 is 2.70 bits per heavy atom. The lowest BCUT2D eigenvalue weighted by Crippen LogP contribution is -2.10. The number of fused-ring (bicyclic) bond motifs is 1. The van der Waals surface area contributed by atoms with Gasteiger partial charge in [-0.2, -0.15) is 0 Å². The standard InChI is InChI=1S/C15H18BNO3/c1-9(6-15(19)20)5-14(18)12-8-17(2)13-4-3-10(16)7-11(12)13/h3-4,7-9H,5-6,16H2,1-2H3,(H,19,20). The van der Waals surface area contributed by atoms with Gasteiger partial charge in [0, 0.05) is 42.6 Å². The second-order valence-electron chi connectivity index (χ2n) is 5.50. The minimum absolute atomic E-state index is 0.00921. The van der Waals surface area contributed by atoms with Gasteiger partial charge in [-0.05, 0) is 12.0 Å². The van der Waals surface area contributed by atoms with Gasteiger partial charge in [0.1, 0.15) is 7.85 Å². The van der Waals surface area contributed by atoms with Crippen LogP contribution in [0.5, 0.6) is 0 Å². The largest absolute Gasteiger partial charge is 0.481 e. The molecule has 0 aliphatic rings. The number of hydrogen-bond donors (Lipinski definition) is 1. The smallest absolute Gasteiger partial charge is 0.303 e. The molecule has 0 aliphatic carbocycles. The van der Waals surface area contributed by atoms with Crippen LogP contribution in [-0.4, -0.2) is 29.3 Å². The molecule has 1 aromatic carbocycles. The lowest BCUT2D eigenvalue weighted by Gasteiger charge is -2.07. The molecule has 5 heteroatoms. The number of aliphatic carboxylic acids is 1. The summed E-state index contributed by atoms with van der Waals surface area (Å²) >= 11 is 0. The van der Waals surface area contributed by atoms with Gasteiger partial charge in [0.05, 0.1) is 0 Å². The zero-order valence-electron chi connectivity index (χ0n) is 12.0. The Labute approximate surface area is 118 Å². The average Bonchev–Trinajstić information content (AvgIpc) is 2.65. The van der Waals surface area contributed by atoms with Crippen molar-refractivity contribution in [3.63, 3.8) is 0 Å². The van der Waals surface area contributed by atoms with Crippen molar-refractivity contribution in [3.05, 3.63) is 30.0 Å².